The number of nitrogens with one attached hydrogen (secondary N) is 1. The molecule has 1 aliphatic heterocycles. The highest BCUT2D eigenvalue weighted by Crippen LogP contribution is 2.22. The van der Waals surface area contributed by atoms with Crippen LogP contribution in [0.15, 0.2) is 36.5 Å². The molecule has 1 unspecified atom stereocenters. The van der Waals surface area contributed by atoms with E-state index in [1.807, 2.05) is 6.07 Å². The Kier molecular flexibility index (Phi) is 3.74. The zero-order valence-corrected chi connectivity index (χ0v) is 12.2. The molecular formula is C16H22N4. The molecule has 4 heteroatoms. The van der Waals surface area contributed by atoms with Crippen molar-refractivity contribution in [2.75, 3.05) is 25.0 Å². The molecule has 2 aromatic rings. The molecule has 0 aliphatic carbocycles. The fourth-order valence-corrected chi connectivity index (χ4v) is 2.84. The van der Waals surface area contributed by atoms with Gasteiger partial charge in [-0.1, -0.05) is 18.2 Å². The Bertz CT molecular complexity index is 555. The normalized spacial score (nSPS) is 19.0. The van der Waals surface area contributed by atoms with Crippen LogP contribution in [-0.4, -0.2) is 35.7 Å². The molecule has 3 rings (SSSR count). The molecule has 106 valence electrons. The number of hydrogen-bond donors (Lipinski definition) is 1. The molecule has 2 heterocycles. The summed E-state index contributed by atoms with van der Waals surface area (Å²) in [7, 11) is 2.15. The lowest BCUT2D eigenvalue weighted by molar-refractivity contribution is 0.440. The highest BCUT2D eigenvalue weighted by molar-refractivity contribution is 5.45. The fourth-order valence-electron chi connectivity index (χ4n) is 2.84. The average Bonchev–Trinajstić information content (AvgIpc) is 2.90. The van der Waals surface area contributed by atoms with Gasteiger partial charge in [0.1, 0.15) is 0 Å². The van der Waals surface area contributed by atoms with Crippen molar-refractivity contribution >= 4 is 5.95 Å². The number of benzene rings is 1. The summed E-state index contributed by atoms with van der Waals surface area (Å²) in [6, 6.07) is 10.9. The Labute approximate surface area is 120 Å². The van der Waals surface area contributed by atoms with Crippen molar-refractivity contribution in [3.8, 4) is 5.69 Å². The van der Waals surface area contributed by atoms with Crippen LogP contribution < -0.4 is 10.2 Å². The van der Waals surface area contributed by atoms with Crippen LogP contribution in [0.3, 0.4) is 0 Å². The highest BCUT2D eigenvalue weighted by atomic mass is 15.3. The van der Waals surface area contributed by atoms with Gasteiger partial charge >= 0.3 is 0 Å². The van der Waals surface area contributed by atoms with Crippen LogP contribution in [-0.2, 0) is 0 Å². The summed E-state index contributed by atoms with van der Waals surface area (Å²) in [4.78, 5) is 7.03. The van der Waals surface area contributed by atoms with Gasteiger partial charge in [0.25, 0.3) is 0 Å². The summed E-state index contributed by atoms with van der Waals surface area (Å²) in [6.07, 6.45) is 4.57. The average molecular weight is 270 g/mol. The van der Waals surface area contributed by atoms with E-state index in [1.54, 1.807) is 0 Å². The van der Waals surface area contributed by atoms with Crippen molar-refractivity contribution in [3.05, 3.63) is 42.2 Å². The van der Waals surface area contributed by atoms with E-state index in [-0.39, 0.29) is 0 Å². The number of aromatic nitrogens is 2. The lowest BCUT2D eigenvalue weighted by atomic mass is 10.1. The quantitative estimate of drug-likeness (QED) is 0.929. The molecule has 0 amide bonds. The molecule has 0 spiro atoms. The molecule has 20 heavy (non-hydrogen) atoms. The third-order valence-electron chi connectivity index (χ3n) is 3.98. The molecule has 1 aromatic carbocycles. The van der Waals surface area contributed by atoms with Gasteiger partial charge in [0.15, 0.2) is 0 Å². The van der Waals surface area contributed by atoms with Crippen LogP contribution in [0.1, 0.15) is 18.5 Å². The largest absolute Gasteiger partial charge is 0.341 e. The van der Waals surface area contributed by atoms with E-state index in [2.05, 4.69) is 59.2 Å². The predicted molar refractivity (Wildman–Crippen MR) is 82.6 cm³/mol. The summed E-state index contributed by atoms with van der Waals surface area (Å²) in [5, 5.41) is 3.47. The van der Waals surface area contributed by atoms with Gasteiger partial charge in [0, 0.05) is 31.5 Å². The first-order chi connectivity index (χ1) is 9.75. The number of aryl methyl sites for hydroxylation is 1. The minimum Gasteiger partial charge on any atom is -0.341 e. The fraction of sp³-hybridized carbons (Fsp3) is 0.438. The molecule has 1 fully saturated rings. The van der Waals surface area contributed by atoms with Crippen LogP contribution >= 0.6 is 0 Å². The molecule has 1 atom stereocenters. The molecular weight excluding hydrogens is 248 g/mol. The topological polar surface area (TPSA) is 33.1 Å². The molecule has 4 nitrogen and oxygen atoms in total. The Morgan fingerprint density at radius 2 is 2.10 bits per heavy atom. The van der Waals surface area contributed by atoms with Crippen LogP contribution in [0.4, 0.5) is 5.95 Å². The van der Waals surface area contributed by atoms with Crippen LogP contribution in [0.25, 0.3) is 5.69 Å². The van der Waals surface area contributed by atoms with Gasteiger partial charge in [-0.25, -0.2) is 4.98 Å². The second-order valence-corrected chi connectivity index (χ2v) is 5.50. The minimum atomic E-state index is 0.521. The zero-order chi connectivity index (χ0) is 13.9. The second kappa shape index (κ2) is 5.67. The van der Waals surface area contributed by atoms with Gasteiger partial charge in [-0.15, -0.1) is 0 Å². The van der Waals surface area contributed by atoms with Crippen molar-refractivity contribution in [1.82, 2.24) is 14.9 Å². The van der Waals surface area contributed by atoms with E-state index in [0.717, 1.165) is 24.7 Å². The van der Waals surface area contributed by atoms with Crippen molar-refractivity contribution in [3.63, 3.8) is 0 Å². The Balaban J connectivity index is 1.93. The van der Waals surface area contributed by atoms with Gasteiger partial charge in [-0.2, -0.15) is 0 Å². The number of imidazole rings is 1. The molecule has 1 aromatic heterocycles. The lowest BCUT2D eigenvalue weighted by Gasteiger charge is -2.32. The molecule has 1 N–H and O–H groups in total. The Hall–Kier alpha value is -1.81. The summed E-state index contributed by atoms with van der Waals surface area (Å²) < 4.78 is 2.18. The van der Waals surface area contributed by atoms with Crippen LogP contribution in [0.5, 0.6) is 0 Å². The van der Waals surface area contributed by atoms with Crippen molar-refractivity contribution in [2.24, 2.45) is 0 Å². The number of likely N-dealkylation sites (N-methyl/N-ethyl adjacent to an activating group) is 1. The number of piperidine rings is 1. The lowest BCUT2D eigenvalue weighted by Crippen LogP contribution is -2.45. The van der Waals surface area contributed by atoms with Crippen molar-refractivity contribution in [2.45, 2.75) is 25.8 Å². The first-order valence-electron chi connectivity index (χ1n) is 7.30. The van der Waals surface area contributed by atoms with Gasteiger partial charge in [-0.3, -0.25) is 4.57 Å². The van der Waals surface area contributed by atoms with Crippen molar-refractivity contribution < 1.29 is 0 Å². The summed E-state index contributed by atoms with van der Waals surface area (Å²) in [5.74, 6) is 1.03. The zero-order valence-electron chi connectivity index (χ0n) is 12.2. The van der Waals surface area contributed by atoms with Gasteiger partial charge in [0.05, 0.1) is 5.69 Å². The Morgan fingerprint density at radius 3 is 2.80 bits per heavy atom. The first kappa shape index (κ1) is 13.2. The maximum absolute atomic E-state index is 4.72. The number of anilines is 1. The van der Waals surface area contributed by atoms with Crippen LogP contribution in [0.2, 0.25) is 0 Å². The molecule has 0 saturated carbocycles. The van der Waals surface area contributed by atoms with Gasteiger partial charge in [-0.05, 0) is 38.4 Å². The monoisotopic (exact) mass is 270 g/mol. The molecule has 0 radical (unpaired) electrons. The standard InChI is InChI=1S/C16H22N4/c1-13-12-20(14-7-4-3-5-8-14)16(18-13)19(2)15-9-6-10-17-11-15/h3-5,7-8,12,15,17H,6,9-11H2,1-2H3. The van der Waals surface area contributed by atoms with E-state index in [1.165, 1.54) is 18.5 Å². The summed E-state index contributed by atoms with van der Waals surface area (Å²) in [5.41, 5.74) is 2.22. The van der Waals surface area contributed by atoms with E-state index < -0.39 is 0 Å². The third-order valence-corrected chi connectivity index (χ3v) is 3.98. The van der Waals surface area contributed by atoms with Crippen LogP contribution in [0, 0.1) is 6.92 Å². The number of rotatable bonds is 3. The molecule has 1 aliphatic rings. The molecule has 1 saturated heterocycles. The van der Waals surface area contributed by atoms with Gasteiger partial charge in [0.2, 0.25) is 5.95 Å². The van der Waals surface area contributed by atoms with E-state index in [0.29, 0.717) is 6.04 Å². The third kappa shape index (κ3) is 2.56. The number of hydrogen-bond acceptors (Lipinski definition) is 3. The second-order valence-electron chi connectivity index (χ2n) is 5.50. The molecule has 0 bridgehead atoms. The van der Waals surface area contributed by atoms with E-state index in [4.69, 9.17) is 4.98 Å². The van der Waals surface area contributed by atoms with E-state index >= 15 is 0 Å². The SMILES string of the molecule is Cc1cn(-c2ccccc2)c(N(C)C2CCCNC2)n1. The summed E-state index contributed by atoms with van der Waals surface area (Å²) in [6.45, 7) is 4.23. The maximum Gasteiger partial charge on any atom is 0.210 e. The first-order valence-corrected chi connectivity index (χ1v) is 7.30. The summed E-state index contributed by atoms with van der Waals surface area (Å²) >= 11 is 0. The van der Waals surface area contributed by atoms with Crippen molar-refractivity contribution in [1.29, 1.82) is 0 Å². The number of para-hydroxylation sites is 1. The van der Waals surface area contributed by atoms with Gasteiger partial charge < -0.3 is 10.2 Å². The highest BCUT2D eigenvalue weighted by Gasteiger charge is 2.22. The van der Waals surface area contributed by atoms with E-state index in [9.17, 15) is 0 Å². The Morgan fingerprint density at radius 1 is 1.30 bits per heavy atom. The predicted octanol–water partition coefficient (Wildman–Crippen LogP) is 2.37. The number of nitrogens with zero attached hydrogens (tertiary/aromatic N) is 3. The maximum atomic E-state index is 4.72. The minimum absolute atomic E-state index is 0.521. The smallest absolute Gasteiger partial charge is 0.210 e.